The van der Waals surface area contributed by atoms with Crippen molar-refractivity contribution in [2.75, 3.05) is 12.5 Å². The second-order valence-corrected chi connectivity index (χ2v) is 6.09. The van der Waals surface area contributed by atoms with E-state index in [9.17, 15) is 17.6 Å². The van der Waals surface area contributed by atoms with Crippen molar-refractivity contribution in [3.8, 4) is 0 Å². The fraction of sp³-hybridized carbons (Fsp3) is 0.300. The largest absolute Gasteiger partial charge is 0.235 e. The number of halogens is 1. The van der Waals surface area contributed by atoms with E-state index in [0.717, 1.165) is 18.0 Å². The van der Waals surface area contributed by atoms with Gasteiger partial charge in [-0.3, -0.25) is 0 Å². The third-order valence-corrected chi connectivity index (χ3v) is 4.07. The lowest BCUT2D eigenvalue weighted by Crippen LogP contribution is -2.03. The summed E-state index contributed by atoms with van der Waals surface area (Å²) in [4.78, 5) is 13.2. The standard InChI is InChI=1S/C10H10FNO3S2/c1-16-10-8(11)3-7(5-12-6-13)4-9(10)17(2,14)15/h3-4H,5H2,1-2H3. The van der Waals surface area contributed by atoms with Crippen molar-refractivity contribution < 1.29 is 17.6 Å². The zero-order valence-corrected chi connectivity index (χ0v) is 10.9. The number of thioether (sulfide) groups is 1. The molecule has 1 aromatic carbocycles. The molecule has 7 heteroatoms. The van der Waals surface area contributed by atoms with Gasteiger partial charge < -0.3 is 0 Å². The van der Waals surface area contributed by atoms with E-state index in [1.165, 1.54) is 18.2 Å². The summed E-state index contributed by atoms with van der Waals surface area (Å²) in [5.41, 5.74) is 0.323. The van der Waals surface area contributed by atoms with Crippen LogP contribution < -0.4 is 0 Å². The minimum absolute atomic E-state index is 0.0753. The molecule has 4 nitrogen and oxygen atoms in total. The van der Waals surface area contributed by atoms with Crippen molar-refractivity contribution in [2.45, 2.75) is 16.3 Å². The van der Waals surface area contributed by atoms with Crippen molar-refractivity contribution in [1.29, 1.82) is 0 Å². The molecule has 1 rings (SSSR count). The van der Waals surface area contributed by atoms with Crippen LogP contribution in [0.5, 0.6) is 0 Å². The summed E-state index contributed by atoms with van der Waals surface area (Å²) < 4.78 is 36.6. The molecule has 0 atom stereocenters. The number of aliphatic imine (C=N–C) groups is 1. The Labute approximate surface area is 103 Å². The minimum Gasteiger partial charge on any atom is -0.224 e. The normalized spacial score (nSPS) is 11.0. The van der Waals surface area contributed by atoms with Gasteiger partial charge in [0.25, 0.3) is 0 Å². The predicted molar refractivity (Wildman–Crippen MR) is 63.1 cm³/mol. The van der Waals surface area contributed by atoms with E-state index in [2.05, 4.69) is 4.99 Å². The van der Waals surface area contributed by atoms with E-state index >= 15 is 0 Å². The number of rotatable bonds is 4. The third-order valence-electron chi connectivity index (χ3n) is 2.00. The second kappa shape index (κ2) is 5.44. The number of sulfone groups is 1. The van der Waals surface area contributed by atoms with Gasteiger partial charge >= 0.3 is 0 Å². The number of isocyanates is 1. The topological polar surface area (TPSA) is 63.6 Å². The zero-order chi connectivity index (χ0) is 13.1. The van der Waals surface area contributed by atoms with Gasteiger partial charge in [0.15, 0.2) is 9.84 Å². The molecule has 1 aromatic rings. The van der Waals surface area contributed by atoms with Crippen LogP contribution in [-0.2, 0) is 21.2 Å². The molecule has 0 saturated heterocycles. The van der Waals surface area contributed by atoms with Gasteiger partial charge in [0.2, 0.25) is 6.08 Å². The van der Waals surface area contributed by atoms with Gasteiger partial charge in [-0.05, 0) is 24.0 Å². The molecule has 0 amide bonds. The summed E-state index contributed by atoms with van der Waals surface area (Å²) in [6.45, 7) is -0.0857. The Balaban J connectivity index is 3.44. The summed E-state index contributed by atoms with van der Waals surface area (Å²) >= 11 is 1.02. The lowest BCUT2D eigenvalue weighted by atomic mass is 10.2. The van der Waals surface area contributed by atoms with E-state index in [1.807, 2.05) is 0 Å². The molecular weight excluding hydrogens is 265 g/mol. The highest BCUT2D eigenvalue weighted by atomic mass is 32.2. The molecule has 0 N–H and O–H groups in total. The monoisotopic (exact) mass is 275 g/mol. The Morgan fingerprint density at radius 2 is 2.12 bits per heavy atom. The molecule has 0 aliphatic carbocycles. The van der Waals surface area contributed by atoms with Crippen molar-refractivity contribution in [2.24, 2.45) is 4.99 Å². The van der Waals surface area contributed by atoms with Crippen molar-refractivity contribution in [3.05, 3.63) is 23.5 Å². The van der Waals surface area contributed by atoms with Gasteiger partial charge in [0.05, 0.1) is 16.3 Å². The molecule has 0 spiro atoms. The number of nitrogens with zero attached hydrogens (tertiary/aromatic N) is 1. The lowest BCUT2D eigenvalue weighted by molar-refractivity contribution is 0.562. The first-order chi connectivity index (χ1) is 7.90. The smallest absolute Gasteiger partial charge is 0.224 e. The van der Waals surface area contributed by atoms with E-state index in [1.54, 1.807) is 6.26 Å². The summed E-state index contributed by atoms with van der Waals surface area (Å²) in [6, 6.07) is 2.49. The number of carbonyl (C=O) groups excluding carboxylic acids is 1. The van der Waals surface area contributed by atoms with Crippen LogP contribution in [0.2, 0.25) is 0 Å². The van der Waals surface area contributed by atoms with Crippen LogP contribution in [0.25, 0.3) is 0 Å². The molecule has 0 bridgehead atoms. The summed E-state index contributed by atoms with van der Waals surface area (Å²) in [6.07, 6.45) is 3.92. The van der Waals surface area contributed by atoms with Crippen molar-refractivity contribution in [1.82, 2.24) is 0 Å². The van der Waals surface area contributed by atoms with E-state index in [-0.39, 0.29) is 16.3 Å². The molecule has 0 aromatic heterocycles. The van der Waals surface area contributed by atoms with Gasteiger partial charge in [-0.1, -0.05) is 0 Å². The Kier molecular flexibility index (Phi) is 4.45. The van der Waals surface area contributed by atoms with E-state index in [0.29, 0.717) is 5.56 Å². The Morgan fingerprint density at radius 3 is 2.59 bits per heavy atom. The van der Waals surface area contributed by atoms with Crippen LogP contribution >= 0.6 is 11.8 Å². The van der Waals surface area contributed by atoms with Crippen molar-refractivity contribution in [3.63, 3.8) is 0 Å². The summed E-state index contributed by atoms with van der Waals surface area (Å²) in [5.74, 6) is -0.628. The average Bonchev–Trinajstić information content (AvgIpc) is 2.24. The maximum absolute atomic E-state index is 13.6. The molecule has 0 unspecified atom stereocenters. The number of hydrogen-bond donors (Lipinski definition) is 0. The van der Waals surface area contributed by atoms with Gasteiger partial charge in [-0.2, -0.15) is 0 Å². The minimum atomic E-state index is -3.52. The number of benzene rings is 1. The quantitative estimate of drug-likeness (QED) is 0.477. The SMILES string of the molecule is CSc1c(F)cc(CN=C=O)cc1S(C)(=O)=O. The highest BCUT2D eigenvalue weighted by molar-refractivity contribution is 7.99. The van der Waals surface area contributed by atoms with E-state index in [4.69, 9.17) is 0 Å². The highest BCUT2D eigenvalue weighted by Gasteiger charge is 2.18. The molecule has 0 fully saturated rings. The first kappa shape index (κ1) is 13.9. The maximum Gasteiger partial charge on any atom is 0.235 e. The fourth-order valence-corrected chi connectivity index (χ4v) is 3.33. The number of hydrogen-bond acceptors (Lipinski definition) is 5. The highest BCUT2D eigenvalue weighted by Crippen LogP contribution is 2.29. The Bertz CT molecular complexity index is 577. The van der Waals surface area contributed by atoms with Crippen LogP contribution in [0.15, 0.2) is 26.9 Å². The van der Waals surface area contributed by atoms with Gasteiger partial charge in [0, 0.05) is 6.26 Å². The second-order valence-electron chi connectivity index (χ2n) is 3.29. The summed E-state index contributed by atoms with van der Waals surface area (Å²) in [7, 11) is -3.52. The third kappa shape index (κ3) is 3.39. The van der Waals surface area contributed by atoms with Gasteiger partial charge in [0.1, 0.15) is 5.82 Å². The molecule has 0 radical (unpaired) electrons. The molecule has 0 aliphatic rings. The van der Waals surface area contributed by atoms with Crippen LogP contribution in [0.4, 0.5) is 4.39 Å². The van der Waals surface area contributed by atoms with Crippen LogP contribution in [-0.4, -0.2) is 27.0 Å². The molecule has 0 saturated carbocycles. The fourth-order valence-electron chi connectivity index (χ4n) is 1.31. The summed E-state index contributed by atoms with van der Waals surface area (Å²) in [5, 5.41) is 0. The first-order valence-corrected chi connectivity index (χ1v) is 7.62. The Hall–Kier alpha value is -1.17. The zero-order valence-electron chi connectivity index (χ0n) is 9.23. The molecule has 17 heavy (non-hydrogen) atoms. The van der Waals surface area contributed by atoms with Crippen molar-refractivity contribution >= 4 is 27.7 Å². The maximum atomic E-state index is 13.6. The van der Waals surface area contributed by atoms with E-state index < -0.39 is 15.7 Å². The van der Waals surface area contributed by atoms with Crippen LogP contribution in [0.3, 0.4) is 0 Å². The molecule has 0 aliphatic heterocycles. The first-order valence-electron chi connectivity index (χ1n) is 4.50. The molecule has 0 heterocycles. The van der Waals surface area contributed by atoms with Gasteiger partial charge in [-0.25, -0.2) is 22.6 Å². The predicted octanol–water partition coefficient (Wildman–Crippen LogP) is 1.79. The average molecular weight is 275 g/mol. The lowest BCUT2D eigenvalue weighted by Gasteiger charge is -2.08. The molecular formula is C10H10FNO3S2. The molecule has 92 valence electrons. The van der Waals surface area contributed by atoms with Gasteiger partial charge in [-0.15, -0.1) is 11.8 Å². The van der Waals surface area contributed by atoms with Crippen LogP contribution in [0, 0.1) is 5.82 Å². The van der Waals surface area contributed by atoms with Crippen LogP contribution in [0.1, 0.15) is 5.56 Å². The Morgan fingerprint density at radius 1 is 1.47 bits per heavy atom.